The Labute approximate surface area is 183 Å². The van der Waals surface area contributed by atoms with Gasteiger partial charge in [0, 0.05) is 11.6 Å². The van der Waals surface area contributed by atoms with E-state index in [-0.39, 0.29) is 6.04 Å². The molecule has 0 aliphatic heterocycles. The highest BCUT2D eigenvalue weighted by Crippen LogP contribution is 2.28. The topological polar surface area (TPSA) is 80.2 Å². The fraction of sp³-hybridized carbons (Fsp3) is 0.261. The molecule has 4 rings (SSSR count). The lowest BCUT2D eigenvalue weighted by molar-refractivity contribution is -0.0372. The van der Waals surface area contributed by atoms with Crippen LogP contribution in [0, 0.1) is 6.92 Å². The van der Waals surface area contributed by atoms with Crippen molar-refractivity contribution in [2.75, 3.05) is 5.32 Å². The van der Waals surface area contributed by atoms with Gasteiger partial charge in [0.05, 0.1) is 27.5 Å². The minimum Gasteiger partial charge on any atom is -0.458 e. The van der Waals surface area contributed by atoms with Crippen molar-refractivity contribution in [2.24, 2.45) is 0 Å². The molecule has 2 aromatic heterocycles. The van der Waals surface area contributed by atoms with Crippen molar-refractivity contribution in [1.82, 2.24) is 15.0 Å². The lowest BCUT2D eigenvalue weighted by atomic mass is 10.1. The number of rotatable bonds is 7. The average Bonchev–Trinajstić information content (AvgIpc) is 3.21. The van der Waals surface area contributed by atoms with Crippen LogP contribution in [-0.2, 0) is 0 Å². The number of aryl methyl sites for hydroxylation is 1. The molecule has 3 unspecified atom stereocenters. The molecular formula is C23H23FN4O2S. The first-order valence-corrected chi connectivity index (χ1v) is 10.8. The number of aliphatic hydroxyl groups excluding tert-OH is 1. The van der Waals surface area contributed by atoms with Gasteiger partial charge in [-0.25, -0.2) is 15.0 Å². The van der Waals surface area contributed by atoms with Crippen LogP contribution in [0.15, 0.2) is 54.0 Å². The number of thiazole rings is 1. The Hall–Kier alpha value is -3.10. The second-order valence-electron chi connectivity index (χ2n) is 7.37. The zero-order valence-electron chi connectivity index (χ0n) is 17.4. The molecule has 2 aromatic carbocycles. The van der Waals surface area contributed by atoms with Gasteiger partial charge in [-0.05, 0) is 50.6 Å². The molecule has 4 aromatic rings. The van der Waals surface area contributed by atoms with Gasteiger partial charge < -0.3 is 15.2 Å². The molecule has 6 nitrogen and oxygen atoms in total. The summed E-state index contributed by atoms with van der Waals surface area (Å²) in [6, 6.07) is 15.0. The SMILES string of the molecule is Cc1nc(NC(C)c2cccc(OC(F)C(C)O)c2)cc(-c2ccc3ncsc3c2)n1. The zero-order valence-corrected chi connectivity index (χ0v) is 18.2. The third kappa shape index (κ3) is 4.98. The molecule has 0 fully saturated rings. The molecule has 0 aliphatic rings. The van der Waals surface area contributed by atoms with Crippen molar-refractivity contribution in [3.05, 3.63) is 65.4 Å². The Bertz CT molecular complexity index is 1200. The van der Waals surface area contributed by atoms with E-state index in [1.165, 1.54) is 6.92 Å². The summed E-state index contributed by atoms with van der Waals surface area (Å²) < 4.78 is 20.0. The maximum Gasteiger partial charge on any atom is 0.263 e. The van der Waals surface area contributed by atoms with Gasteiger partial charge in [-0.2, -0.15) is 4.39 Å². The number of alkyl halides is 1. The highest BCUT2D eigenvalue weighted by Gasteiger charge is 2.16. The lowest BCUT2D eigenvalue weighted by Gasteiger charge is -2.18. The highest BCUT2D eigenvalue weighted by molar-refractivity contribution is 7.16. The molecule has 0 radical (unpaired) electrons. The molecule has 0 saturated heterocycles. The molecule has 160 valence electrons. The normalized spacial score (nSPS) is 14.2. The van der Waals surface area contributed by atoms with Crippen LogP contribution < -0.4 is 10.1 Å². The Morgan fingerprint density at radius 2 is 1.94 bits per heavy atom. The van der Waals surface area contributed by atoms with Crippen LogP contribution in [0.25, 0.3) is 21.5 Å². The van der Waals surface area contributed by atoms with Crippen LogP contribution in [0.4, 0.5) is 10.2 Å². The van der Waals surface area contributed by atoms with Gasteiger partial charge >= 0.3 is 0 Å². The summed E-state index contributed by atoms with van der Waals surface area (Å²) in [4.78, 5) is 13.4. The van der Waals surface area contributed by atoms with Gasteiger partial charge in [0.1, 0.15) is 23.5 Å². The summed E-state index contributed by atoms with van der Waals surface area (Å²) in [5.74, 6) is 1.71. The molecule has 31 heavy (non-hydrogen) atoms. The summed E-state index contributed by atoms with van der Waals surface area (Å²) in [5, 5.41) is 12.7. The number of nitrogens with one attached hydrogen (secondary N) is 1. The molecule has 2 heterocycles. The van der Waals surface area contributed by atoms with Crippen molar-refractivity contribution < 1.29 is 14.2 Å². The zero-order chi connectivity index (χ0) is 22.0. The molecule has 0 aliphatic carbocycles. The van der Waals surface area contributed by atoms with Gasteiger partial charge in [0.2, 0.25) is 0 Å². The quantitative estimate of drug-likeness (QED) is 0.408. The number of halogens is 1. The van der Waals surface area contributed by atoms with Crippen LogP contribution >= 0.6 is 11.3 Å². The van der Waals surface area contributed by atoms with Gasteiger partial charge in [0.15, 0.2) is 0 Å². The van der Waals surface area contributed by atoms with Gasteiger partial charge in [-0.1, -0.05) is 18.2 Å². The second-order valence-corrected chi connectivity index (χ2v) is 8.25. The lowest BCUT2D eigenvalue weighted by Crippen LogP contribution is -2.24. The highest BCUT2D eigenvalue weighted by atomic mass is 32.1. The second kappa shape index (κ2) is 8.95. The summed E-state index contributed by atoms with van der Waals surface area (Å²) in [7, 11) is 0. The first-order chi connectivity index (χ1) is 14.9. The molecule has 0 bridgehead atoms. The van der Waals surface area contributed by atoms with Gasteiger partial charge in [-0.15, -0.1) is 11.3 Å². The number of hydrogen-bond acceptors (Lipinski definition) is 7. The van der Waals surface area contributed by atoms with E-state index in [2.05, 4.69) is 26.3 Å². The van der Waals surface area contributed by atoms with E-state index in [0.29, 0.717) is 17.4 Å². The monoisotopic (exact) mass is 438 g/mol. The van der Waals surface area contributed by atoms with Crippen molar-refractivity contribution in [1.29, 1.82) is 0 Å². The first kappa shape index (κ1) is 21.1. The first-order valence-electron chi connectivity index (χ1n) is 9.93. The fourth-order valence-corrected chi connectivity index (χ4v) is 3.91. The van der Waals surface area contributed by atoms with Crippen LogP contribution in [0.1, 0.15) is 31.3 Å². The summed E-state index contributed by atoms with van der Waals surface area (Å²) in [6.45, 7) is 5.19. The van der Waals surface area contributed by atoms with Crippen molar-refractivity contribution in [2.45, 2.75) is 39.3 Å². The van der Waals surface area contributed by atoms with Gasteiger partial charge in [0.25, 0.3) is 6.36 Å². The molecule has 0 amide bonds. The number of aliphatic hydroxyl groups is 1. The molecular weight excluding hydrogens is 415 g/mol. The van der Waals surface area contributed by atoms with E-state index in [4.69, 9.17) is 4.74 Å². The summed E-state index contributed by atoms with van der Waals surface area (Å²) in [6.07, 6.45) is -2.98. The predicted octanol–water partition coefficient (Wildman–Crippen LogP) is 5.29. The molecule has 3 atom stereocenters. The largest absolute Gasteiger partial charge is 0.458 e. The van der Waals surface area contributed by atoms with E-state index in [1.807, 2.05) is 43.6 Å². The molecule has 8 heteroatoms. The maximum atomic E-state index is 13.7. The van der Waals surface area contributed by atoms with E-state index in [9.17, 15) is 9.50 Å². The van der Waals surface area contributed by atoms with Crippen molar-refractivity contribution >= 4 is 27.4 Å². The predicted molar refractivity (Wildman–Crippen MR) is 121 cm³/mol. The summed E-state index contributed by atoms with van der Waals surface area (Å²) in [5.41, 5.74) is 5.53. The molecule has 0 spiro atoms. The van der Waals surface area contributed by atoms with E-state index < -0.39 is 12.5 Å². The van der Waals surface area contributed by atoms with Crippen molar-refractivity contribution in [3.8, 4) is 17.0 Å². The number of anilines is 1. The van der Waals surface area contributed by atoms with Crippen LogP contribution in [-0.4, -0.2) is 32.5 Å². The number of nitrogens with zero attached hydrogens (tertiary/aromatic N) is 3. The third-order valence-corrected chi connectivity index (χ3v) is 5.61. The number of hydrogen-bond donors (Lipinski definition) is 2. The Kier molecular flexibility index (Phi) is 6.11. The average molecular weight is 439 g/mol. The minimum absolute atomic E-state index is 0.112. The Morgan fingerprint density at radius 3 is 2.74 bits per heavy atom. The van der Waals surface area contributed by atoms with E-state index >= 15 is 0 Å². The Morgan fingerprint density at radius 1 is 1.10 bits per heavy atom. The maximum absolute atomic E-state index is 13.7. The number of fused-ring (bicyclic) bond motifs is 1. The molecule has 2 N–H and O–H groups in total. The number of ether oxygens (including phenoxy) is 1. The van der Waals surface area contributed by atoms with E-state index in [1.54, 1.807) is 29.5 Å². The summed E-state index contributed by atoms with van der Waals surface area (Å²) >= 11 is 1.60. The third-order valence-electron chi connectivity index (χ3n) is 4.82. The molecule has 0 saturated carbocycles. The van der Waals surface area contributed by atoms with Crippen LogP contribution in [0.3, 0.4) is 0 Å². The Balaban J connectivity index is 1.55. The van der Waals surface area contributed by atoms with Crippen LogP contribution in [0.2, 0.25) is 0 Å². The van der Waals surface area contributed by atoms with Crippen molar-refractivity contribution in [3.63, 3.8) is 0 Å². The van der Waals surface area contributed by atoms with Gasteiger partial charge in [-0.3, -0.25) is 0 Å². The number of aromatic nitrogens is 3. The smallest absolute Gasteiger partial charge is 0.263 e. The standard InChI is InChI=1S/C23H23FN4O2S/c1-13(16-5-4-6-18(9-16)30-23(24)14(2)29)26-22-11-20(27-15(3)28-22)17-7-8-19-21(10-17)31-12-25-19/h4-14,23,29H,1-3H3,(H,26,27,28). The number of benzene rings is 2. The minimum atomic E-state index is -1.78. The van der Waals surface area contributed by atoms with Crippen LogP contribution in [0.5, 0.6) is 5.75 Å². The fourth-order valence-electron chi connectivity index (χ4n) is 3.19. The van der Waals surface area contributed by atoms with E-state index in [0.717, 1.165) is 27.0 Å².